The molecule has 4 aromatic rings. The Balaban J connectivity index is 1.21. The van der Waals surface area contributed by atoms with E-state index in [4.69, 9.17) is 23.2 Å². The number of sulfonamides is 1. The van der Waals surface area contributed by atoms with Crippen LogP contribution in [0.25, 0.3) is 0 Å². The SMILES string of the molecule is O=C(Nc1ccc(S(=O)(=O)Nc2ccc(Cl)cc2Cl)cc1)c1ccc(CN2CCCc3ccccc32)cc1. The largest absolute Gasteiger partial charge is 0.367 e. The standard InChI is InChI=1S/C29H25Cl2N3O3S/c30-23-11-16-27(26(31)18-23)33-38(36,37)25-14-12-24(13-15-25)32-29(35)22-9-7-20(8-10-22)19-34-17-3-5-21-4-1-2-6-28(21)34/h1-2,4,6-16,18,33H,3,5,17,19H2,(H,32,35). The number of aryl methyl sites for hydroxylation is 1. The van der Waals surface area contributed by atoms with Crippen LogP contribution in [0.4, 0.5) is 17.1 Å². The van der Waals surface area contributed by atoms with Crippen LogP contribution in [0.2, 0.25) is 10.0 Å². The molecule has 0 aliphatic carbocycles. The minimum atomic E-state index is -3.88. The average molecular weight is 567 g/mol. The van der Waals surface area contributed by atoms with Gasteiger partial charge in [-0.2, -0.15) is 0 Å². The first kappa shape index (κ1) is 26.1. The van der Waals surface area contributed by atoms with Crippen LogP contribution in [0.1, 0.15) is 27.9 Å². The Morgan fingerprint density at radius 1 is 0.895 bits per heavy atom. The van der Waals surface area contributed by atoms with Gasteiger partial charge in [0.15, 0.2) is 0 Å². The maximum atomic E-state index is 12.8. The molecule has 0 unspecified atom stereocenters. The van der Waals surface area contributed by atoms with E-state index in [-0.39, 0.29) is 21.5 Å². The number of carbonyl (C=O) groups excluding carboxylic acids is 1. The second-order valence-corrected chi connectivity index (χ2v) is 11.6. The number of nitrogens with zero attached hydrogens (tertiary/aromatic N) is 1. The maximum absolute atomic E-state index is 12.8. The van der Waals surface area contributed by atoms with Gasteiger partial charge in [0.2, 0.25) is 0 Å². The molecular formula is C29H25Cl2N3O3S. The van der Waals surface area contributed by atoms with Crippen molar-refractivity contribution >= 4 is 56.2 Å². The topological polar surface area (TPSA) is 78.5 Å². The molecule has 0 radical (unpaired) electrons. The fourth-order valence-electron chi connectivity index (χ4n) is 4.45. The predicted molar refractivity (Wildman–Crippen MR) is 154 cm³/mol. The number of fused-ring (bicyclic) bond motifs is 1. The summed E-state index contributed by atoms with van der Waals surface area (Å²) in [4.78, 5) is 15.2. The molecule has 1 amide bonds. The van der Waals surface area contributed by atoms with Gasteiger partial charge >= 0.3 is 0 Å². The first-order valence-corrected chi connectivity index (χ1v) is 14.3. The smallest absolute Gasteiger partial charge is 0.261 e. The minimum Gasteiger partial charge on any atom is -0.367 e. The lowest BCUT2D eigenvalue weighted by molar-refractivity contribution is 0.102. The number of nitrogens with one attached hydrogen (secondary N) is 2. The number of carbonyl (C=O) groups is 1. The number of para-hydroxylation sites is 1. The molecular weight excluding hydrogens is 541 g/mol. The average Bonchev–Trinajstić information content (AvgIpc) is 2.91. The van der Waals surface area contributed by atoms with Gasteiger partial charge in [-0.15, -0.1) is 0 Å². The van der Waals surface area contributed by atoms with E-state index in [0.717, 1.165) is 31.5 Å². The van der Waals surface area contributed by atoms with E-state index >= 15 is 0 Å². The lowest BCUT2D eigenvalue weighted by Gasteiger charge is -2.31. The Kier molecular flexibility index (Phi) is 7.61. The summed E-state index contributed by atoms with van der Waals surface area (Å²) in [6.45, 7) is 1.79. The first-order valence-electron chi connectivity index (χ1n) is 12.1. The van der Waals surface area contributed by atoms with Crippen LogP contribution >= 0.6 is 23.2 Å². The Hall–Kier alpha value is -3.52. The molecule has 6 nitrogen and oxygen atoms in total. The number of hydrogen-bond acceptors (Lipinski definition) is 4. The van der Waals surface area contributed by atoms with Crippen LogP contribution in [-0.2, 0) is 23.0 Å². The number of amides is 1. The second kappa shape index (κ2) is 11.1. The van der Waals surface area contributed by atoms with Crippen molar-refractivity contribution in [2.24, 2.45) is 0 Å². The number of benzene rings is 4. The normalized spacial score (nSPS) is 13.1. The van der Waals surface area contributed by atoms with Crippen LogP contribution < -0.4 is 14.9 Å². The summed E-state index contributed by atoms with van der Waals surface area (Å²) in [5.41, 5.74) is 4.99. The van der Waals surface area contributed by atoms with E-state index in [9.17, 15) is 13.2 Å². The van der Waals surface area contributed by atoms with Crippen LogP contribution in [0.15, 0.2) is 95.9 Å². The van der Waals surface area contributed by atoms with E-state index < -0.39 is 10.0 Å². The molecule has 1 aliphatic rings. The van der Waals surface area contributed by atoms with Gasteiger partial charge < -0.3 is 10.2 Å². The molecule has 9 heteroatoms. The third kappa shape index (κ3) is 5.96. The van der Waals surface area contributed by atoms with Crippen molar-refractivity contribution in [3.8, 4) is 0 Å². The van der Waals surface area contributed by atoms with Crippen molar-refractivity contribution in [1.82, 2.24) is 0 Å². The highest BCUT2D eigenvalue weighted by Crippen LogP contribution is 2.29. The number of halogens is 2. The van der Waals surface area contributed by atoms with E-state index in [1.165, 1.54) is 47.6 Å². The third-order valence-corrected chi connectivity index (χ3v) is 8.32. The summed E-state index contributed by atoms with van der Waals surface area (Å²) < 4.78 is 27.9. The van der Waals surface area contributed by atoms with Gasteiger partial charge in [-0.25, -0.2) is 8.42 Å². The number of anilines is 3. The quantitative estimate of drug-likeness (QED) is 0.253. The maximum Gasteiger partial charge on any atom is 0.261 e. The molecule has 0 aromatic heterocycles. The third-order valence-electron chi connectivity index (χ3n) is 6.39. The van der Waals surface area contributed by atoms with E-state index in [1.807, 2.05) is 12.1 Å². The van der Waals surface area contributed by atoms with Gasteiger partial charge in [-0.1, -0.05) is 53.5 Å². The molecule has 0 spiro atoms. The lowest BCUT2D eigenvalue weighted by atomic mass is 10.0. The Bertz CT molecular complexity index is 1570. The molecule has 38 heavy (non-hydrogen) atoms. The molecule has 0 fully saturated rings. The van der Waals surface area contributed by atoms with E-state index in [2.05, 4.69) is 39.2 Å². The summed E-state index contributed by atoms with van der Waals surface area (Å²) in [5.74, 6) is -0.276. The molecule has 0 bridgehead atoms. The van der Waals surface area contributed by atoms with Crippen molar-refractivity contribution in [2.75, 3.05) is 21.5 Å². The van der Waals surface area contributed by atoms with Crippen molar-refractivity contribution in [3.63, 3.8) is 0 Å². The highest BCUT2D eigenvalue weighted by molar-refractivity contribution is 7.92. The summed E-state index contributed by atoms with van der Waals surface area (Å²) in [6.07, 6.45) is 2.23. The van der Waals surface area contributed by atoms with Crippen LogP contribution in [-0.4, -0.2) is 20.9 Å². The zero-order valence-electron chi connectivity index (χ0n) is 20.3. The van der Waals surface area contributed by atoms with Gasteiger partial charge in [0, 0.05) is 35.1 Å². The van der Waals surface area contributed by atoms with Gasteiger partial charge in [-0.05, 0) is 84.6 Å². The number of rotatable bonds is 7. The van der Waals surface area contributed by atoms with Gasteiger partial charge in [0.1, 0.15) is 0 Å². The van der Waals surface area contributed by atoms with Crippen LogP contribution in [0.3, 0.4) is 0 Å². The fraction of sp³-hybridized carbons (Fsp3) is 0.138. The lowest BCUT2D eigenvalue weighted by Crippen LogP contribution is -2.28. The van der Waals surface area contributed by atoms with Crippen LogP contribution in [0, 0.1) is 0 Å². The zero-order valence-corrected chi connectivity index (χ0v) is 22.7. The highest BCUT2D eigenvalue weighted by atomic mass is 35.5. The fourth-order valence-corrected chi connectivity index (χ4v) is 6.05. The molecule has 0 atom stereocenters. The van der Waals surface area contributed by atoms with Gasteiger partial charge in [0.25, 0.3) is 15.9 Å². The predicted octanol–water partition coefficient (Wildman–Crippen LogP) is 7.00. The monoisotopic (exact) mass is 565 g/mol. The summed E-state index contributed by atoms with van der Waals surface area (Å²) in [5, 5.41) is 3.41. The zero-order chi connectivity index (χ0) is 26.7. The Morgan fingerprint density at radius 2 is 1.63 bits per heavy atom. The highest BCUT2D eigenvalue weighted by Gasteiger charge is 2.18. The molecule has 194 valence electrons. The van der Waals surface area contributed by atoms with Crippen LogP contribution in [0.5, 0.6) is 0 Å². The summed E-state index contributed by atoms with van der Waals surface area (Å²) in [7, 11) is -3.88. The molecule has 1 heterocycles. The van der Waals surface area contributed by atoms with Crippen molar-refractivity contribution in [2.45, 2.75) is 24.3 Å². The molecule has 1 aliphatic heterocycles. The number of hydrogen-bond donors (Lipinski definition) is 2. The molecule has 0 saturated heterocycles. The van der Waals surface area contributed by atoms with E-state index in [0.29, 0.717) is 16.3 Å². The molecule has 2 N–H and O–H groups in total. The molecule has 0 saturated carbocycles. The first-order chi connectivity index (χ1) is 18.3. The van der Waals surface area contributed by atoms with Crippen molar-refractivity contribution in [1.29, 1.82) is 0 Å². The van der Waals surface area contributed by atoms with Gasteiger partial charge in [-0.3, -0.25) is 9.52 Å². The van der Waals surface area contributed by atoms with E-state index in [1.54, 1.807) is 18.2 Å². The molecule has 4 aromatic carbocycles. The van der Waals surface area contributed by atoms with Crippen molar-refractivity contribution < 1.29 is 13.2 Å². The molecule has 5 rings (SSSR count). The summed E-state index contributed by atoms with van der Waals surface area (Å²) >= 11 is 12.0. The second-order valence-electron chi connectivity index (χ2n) is 9.06. The summed E-state index contributed by atoms with van der Waals surface area (Å²) in [6, 6.07) is 26.4. The Labute approximate surface area is 232 Å². The van der Waals surface area contributed by atoms with Crippen molar-refractivity contribution in [3.05, 3.63) is 118 Å². The Morgan fingerprint density at radius 3 is 2.37 bits per heavy atom. The minimum absolute atomic E-state index is 0.0326. The van der Waals surface area contributed by atoms with Gasteiger partial charge in [0.05, 0.1) is 15.6 Å².